The van der Waals surface area contributed by atoms with E-state index in [2.05, 4.69) is 0 Å². The van der Waals surface area contributed by atoms with Gasteiger partial charge >= 0.3 is 0 Å². The summed E-state index contributed by atoms with van der Waals surface area (Å²) in [7, 11) is 0. The largest absolute Gasteiger partial charge is 0.508 e. The second-order valence-corrected chi connectivity index (χ2v) is 4.63. The van der Waals surface area contributed by atoms with Gasteiger partial charge in [-0.3, -0.25) is 0 Å². The van der Waals surface area contributed by atoms with E-state index in [9.17, 15) is 5.11 Å². The Morgan fingerprint density at radius 2 is 2.00 bits per heavy atom. The summed E-state index contributed by atoms with van der Waals surface area (Å²) in [6.45, 7) is 1.98. The van der Waals surface area contributed by atoms with Gasteiger partial charge in [0.2, 0.25) is 0 Å². The molecule has 2 nitrogen and oxygen atoms in total. The van der Waals surface area contributed by atoms with Gasteiger partial charge in [0.1, 0.15) is 5.75 Å². The van der Waals surface area contributed by atoms with Gasteiger partial charge in [-0.2, -0.15) is 0 Å². The zero-order chi connectivity index (χ0) is 10.8. The maximum atomic E-state index is 9.84. The summed E-state index contributed by atoms with van der Waals surface area (Å²) in [5, 5.41) is 9.84. The number of aryl methyl sites for hydroxylation is 1. The Balaban J connectivity index is 2.20. The molecule has 1 aliphatic carbocycles. The Morgan fingerprint density at radius 3 is 2.60 bits per heavy atom. The summed E-state index contributed by atoms with van der Waals surface area (Å²) in [6, 6.07) is 5.79. The number of rotatable bonds is 2. The van der Waals surface area contributed by atoms with Crippen LogP contribution in [0.3, 0.4) is 0 Å². The highest BCUT2D eigenvalue weighted by Gasteiger charge is 2.24. The Morgan fingerprint density at radius 1 is 1.33 bits per heavy atom. The van der Waals surface area contributed by atoms with Crippen LogP contribution in [0.1, 0.15) is 42.9 Å². The summed E-state index contributed by atoms with van der Waals surface area (Å²) in [6.07, 6.45) is 4.97. The number of phenolic OH excluding ortho intramolecular Hbond substituents is 1. The lowest BCUT2D eigenvalue weighted by Crippen LogP contribution is -2.19. The predicted molar refractivity (Wildman–Crippen MR) is 61.7 cm³/mol. The van der Waals surface area contributed by atoms with E-state index < -0.39 is 0 Å². The molecule has 82 valence electrons. The van der Waals surface area contributed by atoms with Crippen LogP contribution in [0.2, 0.25) is 0 Å². The van der Waals surface area contributed by atoms with Crippen molar-refractivity contribution < 1.29 is 5.11 Å². The average molecular weight is 205 g/mol. The molecule has 0 amide bonds. The van der Waals surface area contributed by atoms with Crippen LogP contribution in [0, 0.1) is 12.8 Å². The first-order chi connectivity index (χ1) is 7.18. The number of phenols is 1. The van der Waals surface area contributed by atoms with Crippen LogP contribution in [0.4, 0.5) is 0 Å². The average Bonchev–Trinajstić information content (AvgIpc) is 2.69. The fraction of sp³-hybridized carbons (Fsp3) is 0.538. The molecule has 0 radical (unpaired) electrons. The minimum absolute atomic E-state index is 0.00750. The van der Waals surface area contributed by atoms with Gasteiger partial charge in [0.25, 0.3) is 0 Å². The van der Waals surface area contributed by atoms with Gasteiger partial charge in [-0.25, -0.2) is 0 Å². The molecule has 1 fully saturated rings. The lowest BCUT2D eigenvalue weighted by atomic mass is 9.91. The third-order valence-electron chi connectivity index (χ3n) is 3.45. The maximum Gasteiger partial charge on any atom is 0.120 e. The van der Waals surface area contributed by atoms with E-state index in [1.807, 2.05) is 19.1 Å². The molecule has 1 aromatic rings. The first kappa shape index (κ1) is 10.5. The third kappa shape index (κ3) is 2.15. The molecule has 2 rings (SSSR count). The topological polar surface area (TPSA) is 46.2 Å². The molecule has 0 aliphatic heterocycles. The van der Waals surface area contributed by atoms with Crippen LogP contribution in [-0.2, 0) is 0 Å². The van der Waals surface area contributed by atoms with Crippen molar-refractivity contribution in [1.82, 2.24) is 0 Å². The quantitative estimate of drug-likeness (QED) is 0.779. The minimum atomic E-state index is 0.00750. The summed E-state index contributed by atoms with van der Waals surface area (Å²) in [5.74, 6) is 0.910. The Kier molecular flexibility index (Phi) is 2.96. The van der Waals surface area contributed by atoms with E-state index >= 15 is 0 Å². The van der Waals surface area contributed by atoms with Crippen LogP contribution < -0.4 is 5.73 Å². The molecule has 15 heavy (non-hydrogen) atoms. The summed E-state index contributed by atoms with van der Waals surface area (Å²) in [4.78, 5) is 0. The van der Waals surface area contributed by atoms with E-state index in [0.717, 1.165) is 11.1 Å². The second-order valence-electron chi connectivity index (χ2n) is 4.63. The molecule has 1 saturated carbocycles. The number of hydrogen-bond donors (Lipinski definition) is 2. The van der Waals surface area contributed by atoms with Crippen molar-refractivity contribution in [3.8, 4) is 5.75 Å². The molecule has 0 saturated heterocycles. The van der Waals surface area contributed by atoms with E-state index in [0.29, 0.717) is 11.7 Å². The zero-order valence-electron chi connectivity index (χ0n) is 9.24. The van der Waals surface area contributed by atoms with Gasteiger partial charge in [-0.05, 0) is 37.3 Å². The Hall–Kier alpha value is -1.02. The predicted octanol–water partition coefficient (Wildman–Crippen LogP) is 2.89. The van der Waals surface area contributed by atoms with Gasteiger partial charge in [0, 0.05) is 11.6 Å². The minimum Gasteiger partial charge on any atom is -0.508 e. The molecule has 3 N–H and O–H groups in total. The fourth-order valence-electron chi connectivity index (χ4n) is 2.51. The van der Waals surface area contributed by atoms with Gasteiger partial charge in [0.05, 0.1) is 0 Å². The molecule has 0 heterocycles. The van der Waals surface area contributed by atoms with Crippen LogP contribution >= 0.6 is 0 Å². The van der Waals surface area contributed by atoms with E-state index in [1.165, 1.54) is 25.7 Å². The SMILES string of the molecule is Cc1ccc([C@H](N)C2CCCC2)c(O)c1. The summed E-state index contributed by atoms with van der Waals surface area (Å²) in [5.41, 5.74) is 8.18. The van der Waals surface area contributed by atoms with Crippen molar-refractivity contribution in [3.63, 3.8) is 0 Å². The molecule has 1 atom stereocenters. The van der Waals surface area contributed by atoms with Crippen molar-refractivity contribution in [2.75, 3.05) is 0 Å². The van der Waals surface area contributed by atoms with Gasteiger partial charge in [0.15, 0.2) is 0 Å². The summed E-state index contributed by atoms with van der Waals surface area (Å²) < 4.78 is 0. The van der Waals surface area contributed by atoms with Crippen molar-refractivity contribution >= 4 is 0 Å². The second kappa shape index (κ2) is 4.23. The maximum absolute atomic E-state index is 9.84. The van der Waals surface area contributed by atoms with Crippen LogP contribution in [-0.4, -0.2) is 5.11 Å². The molecule has 0 bridgehead atoms. The van der Waals surface area contributed by atoms with Gasteiger partial charge in [-0.15, -0.1) is 0 Å². The van der Waals surface area contributed by atoms with E-state index in [4.69, 9.17) is 5.73 Å². The van der Waals surface area contributed by atoms with Crippen molar-refractivity contribution in [3.05, 3.63) is 29.3 Å². The molecule has 0 aromatic heterocycles. The third-order valence-corrected chi connectivity index (χ3v) is 3.45. The summed E-state index contributed by atoms with van der Waals surface area (Å²) >= 11 is 0. The molecule has 1 aliphatic rings. The number of hydrogen-bond acceptors (Lipinski definition) is 2. The number of aromatic hydroxyl groups is 1. The van der Waals surface area contributed by atoms with Crippen LogP contribution in [0.15, 0.2) is 18.2 Å². The first-order valence-corrected chi connectivity index (χ1v) is 5.73. The fourth-order valence-corrected chi connectivity index (χ4v) is 2.51. The lowest BCUT2D eigenvalue weighted by molar-refractivity contribution is 0.412. The highest BCUT2D eigenvalue weighted by atomic mass is 16.3. The highest BCUT2D eigenvalue weighted by molar-refractivity contribution is 5.38. The molecule has 2 heteroatoms. The van der Waals surface area contributed by atoms with Crippen LogP contribution in [0.5, 0.6) is 5.75 Å². The van der Waals surface area contributed by atoms with Crippen molar-refractivity contribution in [2.45, 2.75) is 38.6 Å². The lowest BCUT2D eigenvalue weighted by Gasteiger charge is -2.20. The van der Waals surface area contributed by atoms with E-state index in [-0.39, 0.29) is 6.04 Å². The van der Waals surface area contributed by atoms with Crippen LogP contribution in [0.25, 0.3) is 0 Å². The monoisotopic (exact) mass is 205 g/mol. The van der Waals surface area contributed by atoms with E-state index in [1.54, 1.807) is 6.07 Å². The standard InChI is InChI=1S/C13H19NO/c1-9-6-7-11(12(15)8-9)13(14)10-4-2-3-5-10/h6-8,10,13,15H,2-5,14H2,1H3/t13-/m1/s1. The normalized spacial score (nSPS) is 19.3. The van der Waals surface area contributed by atoms with Crippen molar-refractivity contribution in [1.29, 1.82) is 0 Å². The number of benzene rings is 1. The molecule has 0 spiro atoms. The van der Waals surface area contributed by atoms with Gasteiger partial charge in [-0.1, -0.05) is 25.0 Å². The molecular formula is C13H19NO. The molecule has 1 aromatic carbocycles. The molecule has 0 unspecified atom stereocenters. The first-order valence-electron chi connectivity index (χ1n) is 5.73. The number of nitrogens with two attached hydrogens (primary N) is 1. The smallest absolute Gasteiger partial charge is 0.120 e. The Labute approximate surface area is 91.1 Å². The highest BCUT2D eigenvalue weighted by Crippen LogP contribution is 2.37. The Bertz CT molecular complexity index is 342. The van der Waals surface area contributed by atoms with Crippen molar-refractivity contribution in [2.24, 2.45) is 11.7 Å². The molecular weight excluding hydrogens is 186 g/mol. The zero-order valence-corrected chi connectivity index (χ0v) is 9.24. The van der Waals surface area contributed by atoms with Gasteiger partial charge < -0.3 is 10.8 Å².